The van der Waals surface area contributed by atoms with Crippen LogP contribution in [0.15, 0.2) is 47.3 Å². The van der Waals surface area contributed by atoms with E-state index in [1.54, 1.807) is 28.4 Å². The highest BCUT2D eigenvalue weighted by atomic mass is 32.1. The third-order valence-corrected chi connectivity index (χ3v) is 7.36. The first-order valence-electron chi connectivity index (χ1n) is 10.6. The molecule has 30 heavy (non-hydrogen) atoms. The van der Waals surface area contributed by atoms with Crippen molar-refractivity contribution < 1.29 is 19.0 Å². The van der Waals surface area contributed by atoms with Crippen LogP contribution >= 0.6 is 11.3 Å². The van der Waals surface area contributed by atoms with Gasteiger partial charge in [0.1, 0.15) is 37.2 Å². The first-order chi connectivity index (χ1) is 14.6. The van der Waals surface area contributed by atoms with Crippen molar-refractivity contribution in [2.45, 2.75) is 26.8 Å². The topological polar surface area (TPSA) is 64.0 Å². The fourth-order valence-corrected chi connectivity index (χ4v) is 5.47. The average Bonchev–Trinajstić information content (AvgIpc) is 3.40. The number of quaternary nitrogens is 2. The molecule has 3 N–H and O–H groups in total. The molecule has 1 aliphatic heterocycles. The maximum absolute atomic E-state index is 12.7. The number of nitrogens with zero attached hydrogens (tertiary/aromatic N) is 1. The Morgan fingerprint density at radius 2 is 2.03 bits per heavy atom. The number of pyridine rings is 1. The number of aromatic nitrogens is 1. The van der Waals surface area contributed by atoms with E-state index >= 15 is 0 Å². The number of carbonyl (C=O) groups is 1. The van der Waals surface area contributed by atoms with Crippen molar-refractivity contribution in [1.29, 1.82) is 0 Å². The number of anilines is 1. The lowest BCUT2D eigenvalue weighted by molar-refractivity contribution is -1.02. The Kier molecular flexibility index (Phi) is 6.32. The molecule has 1 saturated heterocycles. The number of furan rings is 1. The van der Waals surface area contributed by atoms with Gasteiger partial charge in [0.25, 0.3) is 5.91 Å². The third kappa shape index (κ3) is 4.19. The van der Waals surface area contributed by atoms with Crippen LogP contribution in [-0.2, 0) is 0 Å². The van der Waals surface area contributed by atoms with E-state index in [1.807, 2.05) is 18.5 Å². The molecule has 0 bridgehead atoms. The maximum Gasteiger partial charge on any atom is 0.291 e. The van der Waals surface area contributed by atoms with Gasteiger partial charge in [-0.05, 0) is 50.6 Å². The Bertz CT molecular complexity index is 976. The van der Waals surface area contributed by atoms with Gasteiger partial charge in [-0.2, -0.15) is 0 Å². The predicted octanol–water partition coefficient (Wildman–Crippen LogP) is 1.50. The fourth-order valence-electron chi connectivity index (χ4n) is 4.38. The predicted molar refractivity (Wildman–Crippen MR) is 118 cm³/mol. The molecule has 0 unspecified atom stereocenters. The smallest absolute Gasteiger partial charge is 0.291 e. The van der Waals surface area contributed by atoms with E-state index in [9.17, 15) is 4.79 Å². The van der Waals surface area contributed by atoms with Gasteiger partial charge in [-0.1, -0.05) is 0 Å². The lowest BCUT2D eigenvalue weighted by Crippen LogP contribution is -3.28. The Hall–Kier alpha value is -2.48. The zero-order valence-corrected chi connectivity index (χ0v) is 18.6. The normalized spacial score (nSPS) is 20.1. The van der Waals surface area contributed by atoms with Crippen LogP contribution in [0.4, 0.5) is 5.00 Å². The van der Waals surface area contributed by atoms with Crippen molar-refractivity contribution in [3.63, 3.8) is 0 Å². The first-order valence-corrected chi connectivity index (χ1v) is 11.4. The van der Waals surface area contributed by atoms with Gasteiger partial charge in [0, 0.05) is 22.8 Å². The standard InChI is InChI=1S/C23H28N4O2S/c1-4-26-10-12-27(13-11-26)21(18-7-5-9-24-15-18)20-16(2)17(3)30-23(20)25-22(28)19-8-6-14-29-19/h5-9,14-15,21H,4,10-13H2,1-3H3,(H,25,28)/p+2/t21-/m0/s1. The Morgan fingerprint density at radius 3 is 2.67 bits per heavy atom. The van der Waals surface area contributed by atoms with E-state index in [1.165, 1.54) is 52.4 Å². The summed E-state index contributed by atoms with van der Waals surface area (Å²) in [6.07, 6.45) is 5.32. The minimum atomic E-state index is -0.206. The minimum absolute atomic E-state index is 0.147. The van der Waals surface area contributed by atoms with E-state index in [0.29, 0.717) is 5.76 Å². The number of amides is 1. The number of rotatable bonds is 6. The first kappa shape index (κ1) is 20.8. The average molecular weight is 427 g/mol. The summed E-state index contributed by atoms with van der Waals surface area (Å²) in [5, 5.41) is 4.05. The van der Waals surface area contributed by atoms with Crippen LogP contribution in [0.25, 0.3) is 0 Å². The molecule has 0 radical (unpaired) electrons. The maximum atomic E-state index is 12.7. The number of thiophene rings is 1. The second-order valence-electron chi connectivity index (χ2n) is 7.94. The van der Waals surface area contributed by atoms with Crippen molar-refractivity contribution in [3.8, 4) is 0 Å². The SMILES string of the molecule is CC[NH+]1CC[NH+]([C@@H](c2cccnc2)c2c(NC(=O)c3ccco3)sc(C)c2C)CC1. The largest absolute Gasteiger partial charge is 0.459 e. The summed E-state index contributed by atoms with van der Waals surface area (Å²) in [4.78, 5) is 21.6. The molecule has 3 aromatic heterocycles. The highest BCUT2D eigenvalue weighted by Gasteiger charge is 2.35. The number of carbonyl (C=O) groups excluding carboxylic acids is 1. The molecule has 1 aliphatic rings. The molecular formula is C23H30N4O2S+2. The van der Waals surface area contributed by atoms with Crippen LogP contribution in [0.2, 0.25) is 0 Å². The molecule has 1 atom stereocenters. The number of aryl methyl sites for hydroxylation is 1. The van der Waals surface area contributed by atoms with Crippen LogP contribution in [-0.4, -0.2) is 43.6 Å². The third-order valence-electron chi connectivity index (χ3n) is 6.22. The van der Waals surface area contributed by atoms with Gasteiger partial charge in [-0.25, -0.2) is 0 Å². The molecule has 3 aromatic rings. The van der Waals surface area contributed by atoms with E-state index in [0.717, 1.165) is 18.1 Å². The highest BCUT2D eigenvalue weighted by Crippen LogP contribution is 2.38. The van der Waals surface area contributed by atoms with Crippen LogP contribution in [0.1, 0.15) is 45.1 Å². The summed E-state index contributed by atoms with van der Waals surface area (Å²) in [7, 11) is 0. The number of piperazine rings is 1. The number of nitrogens with one attached hydrogen (secondary N) is 3. The van der Waals surface area contributed by atoms with Gasteiger partial charge in [0.15, 0.2) is 5.76 Å². The van der Waals surface area contributed by atoms with Crippen LogP contribution in [0.5, 0.6) is 0 Å². The summed E-state index contributed by atoms with van der Waals surface area (Å²) >= 11 is 1.65. The quantitative estimate of drug-likeness (QED) is 0.560. The van der Waals surface area contributed by atoms with E-state index in [4.69, 9.17) is 4.42 Å². The van der Waals surface area contributed by atoms with Crippen LogP contribution in [0, 0.1) is 13.8 Å². The fraction of sp³-hybridized carbons (Fsp3) is 0.391. The summed E-state index contributed by atoms with van der Waals surface area (Å²) in [6, 6.07) is 7.74. The number of hydrogen-bond acceptors (Lipinski definition) is 4. The zero-order chi connectivity index (χ0) is 21.1. The molecule has 0 saturated carbocycles. The van der Waals surface area contributed by atoms with Gasteiger partial charge in [-0.3, -0.25) is 9.78 Å². The zero-order valence-electron chi connectivity index (χ0n) is 17.8. The van der Waals surface area contributed by atoms with Crippen molar-refractivity contribution in [2.24, 2.45) is 0 Å². The molecule has 0 aromatic carbocycles. The summed E-state index contributed by atoms with van der Waals surface area (Å²) < 4.78 is 5.30. The summed E-state index contributed by atoms with van der Waals surface area (Å²) in [5.74, 6) is 0.123. The van der Waals surface area contributed by atoms with E-state index in [-0.39, 0.29) is 11.9 Å². The molecule has 158 valence electrons. The monoisotopic (exact) mass is 426 g/mol. The van der Waals surface area contributed by atoms with Gasteiger partial charge in [-0.15, -0.1) is 11.3 Å². The Morgan fingerprint density at radius 1 is 1.23 bits per heavy atom. The molecule has 7 heteroatoms. The van der Waals surface area contributed by atoms with Gasteiger partial charge in [0.05, 0.1) is 18.4 Å². The molecule has 4 rings (SSSR count). The molecular weight excluding hydrogens is 396 g/mol. The number of likely N-dealkylation sites (N-methyl/N-ethyl adjacent to an activating group) is 1. The van der Waals surface area contributed by atoms with Crippen molar-refractivity contribution in [1.82, 2.24) is 4.98 Å². The molecule has 6 nitrogen and oxygen atoms in total. The Labute approximate surface area is 181 Å². The molecule has 1 amide bonds. The molecule has 4 heterocycles. The number of hydrogen-bond donors (Lipinski definition) is 3. The highest BCUT2D eigenvalue weighted by molar-refractivity contribution is 7.16. The van der Waals surface area contributed by atoms with Crippen LogP contribution < -0.4 is 15.1 Å². The van der Waals surface area contributed by atoms with Crippen molar-refractivity contribution in [2.75, 3.05) is 38.0 Å². The lowest BCUT2D eigenvalue weighted by Gasteiger charge is -2.35. The Balaban J connectivity index is 1.72. The second-order valence-corrected chi connectivity index (χ2v) is 9.16. The second kappa shape index (κ2) is 9.12. The van der Waals surface area contributed by atoms with Crippen LogP contribution in [0.3, 0.4) is 0 Å². The molecule has 0 aliphatic carbocycles. The summed E-state index contributed by atoms with van der Waals surface area (Å²) in [6.45, 7) is 12.3. The summed E-state index contributed by atoms with van der Waals surface area (Å²) in [5.41, 5.74) is 3.66. The van der Waals surface area contributed by atoms with Gasteiger partial charge < -0.3 is 19.5 Å². The van der Waals surface area contributed by atoms with Gasteiger partial charge in [0.2, 0.25) is 0 Å². The van der Waals surface area contributed by atoms with Crippen molar-refractivity contribution in [3.05, 3.63) is 70.3 Å². The van der Waals surface area contributed by atoms with E-state index in [2.05, 4.69) is 37.1 Å². The molecule has 0 spiro atoms. The van der Waals surface area contributed by atoms with E-state index < -0.39 is 0 Å². The van der Waals surface area contributed by atoms with Gasteiger partial charge >= 0.3 is 0 Å². The minimum Gasteiger partial charge on any atom is -0.459 e. The molecule has 1 fully saturated rings. The van der Waals surface area contributed by atoms with Crippen molar-refractivity contribution >= 4 is 22.2 Å². The lowest BCUT2D eigenvalue weighted by atomic mass is 9.95.